The maximum Gasteiger partial charge on any atom is 0.251 e. The van der Waals surface area contributed by atoms with Gasteiger partial charge in [-0.25, -0.2) is 0 Å². The Labute approximate surface area is 98.6 Å². The maximum atomic E-state index is 11.7. The highest BCUT2D eigenvalue weighted by Crippen LogP contribution is 2.27. The van der Waals surface area contributed by atoms with E-state index >= 15 is 0 Å². The summed E-state index contributed by atoms with van der Waals surface area (Å²) >= 11 is 11.6. The number of hydrogen-bond donors (Lipinski definition) is 1. The van der Waals surface area contributed by atoms with Crippen molar-refractivity contribution in [2.75, 3.05) is 6.54 Å². The number of hydrogen-bond acceptors (Lipinski definition) is 1. The van der Waals surface area contributed by atoms with E-state index in [4.69, 9.17) is 23.2 Å². The van der Waals surface area contributed by atoms with Gasteiger partial charge in [-0.3, -0.25) is 4.79 Å². The lowest BCUT2D eigenvalue weighted by molar-refractivity contribution is 0.0952. The topological polar surface area (TPSA) is 29.1 Å². The van der Waals surface area contributed by atoms with Crippen LogP contribution in [0.5, 0.6) is 0 Å². The molecule has 1 saturated carbocycles. The highest BCUT2D eigenvalue weighted by atomic mass is 35.5. The number of nitrogens with one attached hydrogen (secondary N) is 1. The van der Waals surface area contributed by atoms with E-state index in [1.807, 2.05) is 0 Å². The fourth-order valence-corrected chi connectivity index (χ4v) is 1.87. The predicted octanol–water partition coefficient (Wildman–Crippen LogP) is 3.13. The quantitative estimate of drug-likeness (QED) is 0.869. The van der Waals surface area contributed by atoms with Crippen LogP contribution in [0.15, 0.2) is 18.2 Å². The molecule has 1 fully saturated rings. The molecule has 0 heterocycles. The molecule has 1 amide bonds. The molecule has 15 heavy (non-hydrogen) atoms. The number of halogens is 2. The molecule has 0 aliphatic heterocycles. The van der Waals surface area contributed by atoms with Crippen LogP contribution in [0.4, 0.5) is 0 Å². The van der Waals surface area contributed by atoms with Gasteiger partial charge < -0.3 is 5.32 Å². The van der Waals surface area contributed by atoms with Gasteiger partial charge in [-0.1, -0.05) is 23.2 Å². The summed E-state index contributed by atoms with van der Waals surface area (Å²) < 4.78 is 0. The molecule has 2 rings (SSSR count). The SMILES string of the molecule is O=C(NCC1CC1)c1cc(Cl)cc(Cl)c1. The summed E-state index contributed by atoms with van der Waals surface area (Å²) in [7, 11) is 0. The fraction of sp³-hybridized carbons (Fsp3) is 0.364. The third-order valence-corrected chi connectivity index (χ3v) is 2.81. The van der Waals surface area contributed by atoms with Crippen molar-refractivity contribution in [1.29, 1.82) is 0 Å². The first-order valence-electron chi connectivity index (χ1n) is 4.89. The Bertz CT molecular complexity index is 368. The van der Waals surface area contributed by atoms with Gasteiger partial charge in [0.15, 0.2) is 0 Å². The van der Waals surface area contributed by atoms with Crippen LogP contribution in [0.25, 0.3) is 0 Å². The molecule has 0 saturated heterocycles. The van der Waals surface area contributed by atoms with Crippen LogP contribution in [0.2, 0.25) is 10.0 Å². The van der Waals surface area contributed by atoms with E-state index in [0.717, 1.165) is 6.54 Å². The first kappa shape index (κ1) is 10.8. The first-order valence-corrected chi connectivity index (χ1v) is 5.65. The van der Waals surface area contributed by atoms with Crippen molar-refractivity contribution in [2.24, 2.45) is 5.92 Å². The van der Waals surface area contributed by atoms with Gasteiger partial charge in [0.2, 0.25) is 0 Å². The average molecular weight is 244 g/mol. The Hall–Kier alpha value is -0.730. The van der Waals surface area contributed by atoms with Crippen molar-refractivity contribution in [2.45, 2.75) is 12.8 Å². The predicted molar refractivity (Wildman–Crippen MR) is 61.5 cm³/mol. The van der Waals surface area contributed by atoms with Gasteiger partial charge in [0.1, 0.15) is 0 Å². The molecule has 0 aromatic heterocycles. The molecule has 0 radical (unpaired) electrons. The van der Waals surface area contributed by atoms with Crippen molar-refractivity contribution in [3.05, 3.63) is 33.8 Å². The second-order valence-corrected chi connectivity index (χ2v) is 4.68. The first-order chi connectivity index (χ1) is 7.15. The summed E-state index contributed by atoms with van der Waals surface area (Å²) in [6, 6.07) is 4.85. The molecule has 0 spiro atoms. The van der Waals surface area contributed by atoms with E-state index in [2.05, 4.69) is 5.32 Å². The Morgan fingerprint density at radius 2 is 1.87 bits per heavy atom. The third-order valence-electron chi connectivity index (χ3n) is 2.37. The largest absolute Gasteiger partial charge is 0.352 e. The Kier molecular flexibility index (Phi) is 3.17. The van der Waals surface area contributed by atoms with Gasteiger partial charge in [-0.2, -0.15) is 0 Å². The molecule has 1 aromatic rings. The van der Waals surface area contributed by atoms with Crippen LogP contribution in [0.3, 0.4) is 0 Å². The van der Waals surface area contributed by atoms with Crippen molar-refractivity contribution in [1.82, 2.24) is 5.32 Å². The number of benzene rings is 1. The van der Waals surface area contributed by atoms with Crippen LogP contribution in [0, 0.1) is 5.92 Å². The standard InChI is InChI=1S/C11H11Cl2NO/c12-9-3-8(4-10(13)5-9)11(15)14-6-7-1-2-7/h3-5,7H,1-2,6H2,(H,14,15). The number of amides is 1. The van der Waals surface area contributed by atoms with E-state index in [1.54, 1.807) is 18.2 Å². The van der Waals surface area contributed by atoms with Crippen LogP contribution in [-0.4, -0.2) is 12.5 Å². The molecule has 4 heteroatoms. The molecule has 2 nitrogen and oxygen atoms in total. The van der Waals surface area contributed by atoms with E-state index in [1.165, 1.54) is 12.8 Å². The van der Waals surface area contributed by atoms with Gasteiger partial charge in [0, 0.05) is 22.2 Å². The summed E-state index contributed by atoms with van der Waals surface area (Å²) in [5.74, 6) is 0.565. The molecule has 0 bridgehead atoms. The van der Waals surface area contributed by atoms with Gasteiger partial charge in [0.05, 0.1) is 0 Å². The molecule has 1 aliphatic carbocycles. The minimum Gasteiger partial charge on any atom is -0.352 e. The maximum absolute atomic E-state index is 11.7. The van der Waals surface area contributed by atoms with Crippen molar-refractivity contribution >= 4 is 29.1 Å². The summed E-state index contributed by atoms with van der Waals surface area (Å²) in [6.45, 7) is 0.753. The zero-order chi connectivity index (χ0) is 10.8. The van der Waals surface area contributed by atoms with Gasteiger partial charge in [-0.15, -0.1) is 0 Å². The second kappa shape index (κ2) is 4.42. The van der Waals surface area contributed by atoms with Crippen LogP contribution in [-0.2, 0) is 0 Å². The molecular weight excluding hydrogens is 233 g/mol. The normalized spacial score (nSPS) is 15.1. The lowest BCUT2D eigenvalue weighted by Crippen LogP contribution is -2.25. The van der Waals surface area contributed by atoms with Gasteiger partial charge in [0.25, 0.3) is 5.91 Å². The van der Waals surface area contributed by atoms with E-state index in [0.29, 0.717) is 21.5 Å². The second-order valence-electron chi connectivity index (χ2n) is 3.81. The van der Waals surface area contributed by atoms with E-state index in [9.17, 15) is 4.79 Å². The molecular formula is C11H11Cl2NO. The monoisotopic (exact) mass is 243 g/mol. The highest BCUT2D eigenvalue weighted by Gasteiger charge is 2.21. The molecule has 1 aliphatic rings. The van der Waals surface area contributed by atoms with Crippen molar-refractivity contribution in [3.8, 4) is 0 Å². The van der Waals surface area contributed by atoms with E-state index < -0.39 is 0 Å². The lowest BCUT2D eigenvalue weighted by atomic mass is 10.2. The van der Waals surface area contributed by atoms with Crippen molar-refractivity contribution in [3.63, 3.8) is 0 Å². The zero-order valence-corrected chi connectivity index (χ0v) is 9.61. The minimum absolute atomic E-state index is 0.105. The summed E-state index contributed by atoms with van der Waals surface area (Å²) in [5.41, 5.74) is 0.521. The smallest absolute Gasteiger partial charge is 0.251 e. The summed E-state index contributed by atoms with van der Waals surface area (Å²) in [5, 5.41) is 3.83. The van der Waals surface area contributed by atoms with Crippen LogP contribution >= 0.6 is 23.2 Å². The van der Waals surface area contributed by atoms with Crippen LogP contribution in [0.1, 0.15) is 23.2 Å². The Morgan fingerprint density at radius 1 is 1.27 bits per heavy atom. The van der Waals surface area contributed by atoms with E-state index in [-0.39, 0.29) is 5.91 Å². The molecule has 80 valence electrons. The molecule has 1 N–H and O–H groups in total. The summed E-state index contributed by atoms with van der Waals surface area (Å²) in [6.07, 6.45) is 2.44. The van der Waals surface area contributed by atoms with Gasteiger partial charge >= 0.3 is 0 Å². The number of carbonyl (C=O) groups excluding carboxylic acids is 1. The molecule has 0 atom stereocenters. The van der Waals surface area contributed by atoms with Crippen molar-refractivity contribution < 1.29 is 4.79 Å². The highest BCUT2D eigenvalue weighted by molar-refractivity contribution is 6.35. The number of carbonyl (C=O) groups is 1. The fourth-order valence-electron chi connectivity index (χ4n) is 1.35. The minimum atomic E-state index is -0.105. The Morgan fingerprint density at radius 3 is 2.40 bits per heavy atom. The van der Waals surface area contributed by atoms with Crippen LogP contribution < -0.4 is 5.32 Å². The van der Waals surface area contributed by atoms with Gasteiger partial charge in [-0.05, 0) is 37.0 Å². The zero-order valence-electron chi connectivity index (χ0n) is 8.09. The molecule has 0 unspecified atom stereocenters. The Balaban J connectivity index is 2.02. The molecule has 1 aromatic carbocycles. The lowest BCUT2D eigenvalue weighted by Gasteiger charge is -2.04. The summed E-state index contributed by atoms with van der Waals surface area (Å²) in [4.78, 5) is 11.7. The third kappa shape index (κ3) is 3.11. The average Bonchev–Trinajstić information content (AvgIpc) is 2.96. The number of rotatable bonds is 3.